The highest BCUT2D eigenvalue weighted by Crippen LogP contribution is 2.17. The van der Waals surface area contributed by atoms with E-state index in [0.717, 1.165) is 4.34 Å². The van der Waals surface area contributed by atoms with Crippen molar-refractivity contribution in [1.29, 1.82) is 0 Å². The van der Waals surface area contributed by atoms with Crippen molar-refractivity contribution >= 4 is 23.1 Å². The van der Waals surface area contributed by atoms with Gasteiger partial charge in [-0.3, -0.25) is 0 Å². The lowest BCUT2D eigenvalue weighted by Gasteiger charge is -1.87. The molecule has 0 saturated carbocycles. The van der Waals surface area contributed by atoms with Gasteiger partial charge in [-0.25, -0.2) is 0 Å². The van der Waals surface area contributed by atoms with Crippen molar-refractivity contribution in [2.24, 2.45) is 0 Å². The average Bonchev–Trinajstić information content (AvgIpc) is 2.34. The van der Waals surface area contributed by atoms with Gasteiger partial charge in [0, 0.05) is 5.75 Å². The topological polar surface area (TPSA) is 46.0 Å². The fraction of sp³-hybridized carbons (Fsp3) is 0.500. The van der Waals surface area contributed by atoms with Gasteiger partial charge in [0.25, 0.3) is 0 Å². The number of rotatable bonds is 3. The van der Waals surface area contributed by atoms with Crippen molar-refractivity contribution in [3.05, 3.63) is 5.51 Å². The molecule has 1 heterocycles. The van der Waals surface area contributed by atoms with Crippen molar-refractivity contribution in [2.75, 3.05) is 12.4 Å². The third-order valence-electron chi connectivity index (χ3n) is 0.657. The van der Waals surface area contributed by atoms with E-state index in [2.05, 4.69) is 10.2 Å². The summed E-state index contributed by atoms with van der Waals surface area (Å²) < 4.78 is 0.920. The minimum Gasteiger partial charge on any atom is -0.396 e. The van der Waals surface area contributed by atoms with Gasteiger partial charge in [-0.15, -0.1) is 10.2 Å². The van der Waals surface area contributed by atoms with Crippen LogP contribution in [0.2, 0.25) is 0 Å². The summed E-state index contributed by atoms with van der Waals surface area (Å²) in [6, 6.07) is 0. The maximum Gasteiger partial charge on any atom is 0.174 e. The van der Waals surface area contributed by atoms with E-state index >= 15 is 0 Å². The largest absolute Gasteiger partial charge is 0.396 e. The molecule has 0 unspecified atom stereocenters. The molecule has 0 aliphatic carbocycles. The smallest absolute Gasteiger partial charge is 0.174 e. The van der Waals surface area contributed by atoms with Crippen LogP contribution in [-0.2, 0) is 0 Å². The molecule has 0 aliphatic heterocycles. The lowest BCUT2D eigenvalue weighted by atomic mass is 10.9. The zero-order chi connectivity index (χ0) is 6.53. The quantitative estimate of drug-likeness (QED) is 0.662. The minimum atomic E-state index is 0.199. The first-order valence-corrected chi connectivity index (χ1v) is 4.30. The fourth-order valence-electron chi connectivity index (χ4n) is 0.359. The fourth-order valence-corrected chi connectivity index (χ4v) is 1.66. The molecule has 0 amide bonds. The van der Waals surface area contributed by atoms with Gasteiger partial charge in [0.05, 0.1) is 6.61 Å². The van der Waals surface area contributed by atoms with Crippen LogP contribution >= 0.6 is 23.1 Å². The summed E-state index contributed by atoms with van der Waals surface area (Å²) in [6.07, 6.45) is 0. The molecule has 0 radical (unpaired) electrons. The van der Waals surface area contributed by atoms with Gasteiger partial charge in [0.1, 0.15) is 5.51 Å². The van der Waals surface area contributed by atoms with E-state index < -0.39 is 0 Å². The summed E-state index contributed by atoms with van der Waals surface area (Å²) in [4.78, 5) is 0. The standard InChI is InChI=1S/C4H6N2OS2/c7-1-2-8-4-6-5-3-9-4/h3,7H,1-2H2. The van der Waals surface area contributed by atoms with Crippen molar-refractivity contribution in [3.63, 3.8) is 0 Å². The molecule has 0 spiro atoms. The van der Waals surface area contributed by atoms with E-state index in [9.17, 15) is 0 Å². The van der Waals surface area contributed by atoms with E-state index in [1.54, 1.807) is 5.51 Å². The monoisotopic (exact) mass is 162 g/mol. The molecule has 0 aromatic carbocycles. The van der Waals surface area contributed by atoms with Crippen molar-refractivity contribution in [1.82, 2.24) is 10.2 Å². The second-order valence-corrected chi connectivity index (χ2v) is 3.45. The Bertz CT molecular complexity index is 154. The number of aliphatic hydroxyl groups is 1. The second kappa shape index (κ2) is 3.81. The molecule has 3 nitrogen and oxygen atoms in total. The van der Waals surface area contributed by atoms with Crippen LogP contribution in [0.15, 0.2) is 9.85 Å². The average molecular weight is 162 g/mol. The SMILES string of the molecule is OCCSc1nncs1. The van der Waals surface area contributed by atoms with Crippen molar-refractivity contribution in [3.8, 4) is 0 Å². The summed E-state index contributed by atoms with van der Waals surface area (Å²) in [6.45, 7) is 0.199. The first-order chi connectivity index (χ1) is 4.43. The molecule has 0 aliphatic rings. The van der Waals surface area contributed by atoms with Crippen LogP contribution in [0.1, 0.15) is 0 Å². The summed E-state index contributed by atoms with van der Waals surface area (Å²) in [5.41, 5.74) is 1.68. The van der Waals surface area contributed by atoms with E-state index in [1.165, 1.54) is 23.1 Å². The van der Waals surface area contributed by atoms with Gasteiger partial charge in [-0.1, -0.05) is 23.1 Å². The second-order valence-electron chi connectivity index (χ2n) is 1.28. The van der Waals surface area contributed by atoms with Crippen molar-refractivity contribution < 1.29 is 5.11 Å². The Balaban J connectivity index is 2.30. The highest BCUT2D eigenvalue weighted by Gasteiger charge is 1.93. The van der Waals surface area contributed by atoms with Crippen LogP contribution < -0.4 is 0 Å². The van der Waals surface area contributed by atoms with Crippen LogP contribution in [0.5, 0.6) is 0 Å². The molecule has 1 N–H and O–H groups in total. The summed E-state index contributed by atoms with van der Waals surface area (Å²) in [7, 11) is 0. The first-order valence-electron chi connectivity index (χ1n) is 2.43. The Kier molecular flexibility index (Phi) is 2.96. The normalized spacial score (nSPS) is 9.89. The molecule has 50 valence electrons. The van der Waals surface area contributed by atoms with E-state index in [1.807, 2.05) is 0 Å². The Labute approximate surface area is 61.1 Å². The molecule has 9 heavy (non-hydrogen) atoms. The van der Waals surface area contributed by atoms with Crippen LogP contribution in [0.3, 0.4) is 0 Å². The molecular weight excluding hydrogens is 156 g/mol. The molecule has 1 aromatic heterocycles. The summed E-state index contributed by atoms with van der Waals surface area (Å²) >= 11 is 3.01. The van der Waals surface area contributed by atoms with Crippen LogP contribution in [-0.4, -0.2) is 27.7 Å². The maximum atomic E-state index is 8.40. The van der Waals surface area contributed by atoms with Crippen LogP contribution in [0.25, 0.3) is 0 Å². The van der Waals surface area contributed by atoms with Gasteiger partial charge >= 0.3 is 0 Å². The van der Waals surface area contributed by atoms with E-state index in [-0.39, 0.29) is 6.61 Å². The Hall–Kier alpha value is -0.130. The number of aliphatic hydroxyl groups excluding tert-OH is 1. The predicted molar refractivity (Wildman–Crippen MR) is 37.7 cm³/mol. The number of thioether (sulfide) groups is 1. The van der Waals surface area contributed by atoms with Gasteiger partial charge in [0.15, 0.2) is 4.34 Å². The molecule has 0 atom stereocenters. The molecule has 0 fully saturated rings. The minimum absolute atomic E-state index is 0.199. The van der Waals surface area contributed by atoms with Crippen molar-refractivity contribution in [2.45, 2.75) is 4.34 Å². The predicted octanol–water partition coefficient (Wildman–Crippen LogP) is 0.623. The Morgan fingerprint density at radius 3 is 3.22 bits per heavy atom. The number of aromatic nitrogens is 2. The van der Waals surface area contributed by atoms with Crippen LogP contribution in [0, 0.1) is 0 Å². The Morgan fingerprint density at radius 1 is 1.78 bits per heavy atom. The third kappa shape index (κ3) is 2.30. The summed E-state index contributed by atoms with van der Waals surface area (Å²) in [5.74, 6) is 0.704. The van der Waals surface area contributed by atoms with E-state index in [0.29, 0.717) is 5.75 Å². The molecule has 5 heteroatoms. The van der Waals surface area contributed by atoms with Gasteiger partial charge in [-0.2, -0.15) is 0 Å². The molecule has 0 bridgehead atoms. The number of hydrogen-bond acceptors (Lipinski definition) is 5. The first kappa shape index (κ1) is 6.98. The lowest BCUT2D eigenvalue weighted by Crippen LogP contribution is -1.84. The number of nitrogens with zero attached hydrogens (tertiary/aromatic N) is 2. The highest BCUT2D eigenvalue weighted by molar-refractivity contribution is 8.01. The highest BCUT2D eigenvalue weighted by atomic mass is 32.2. The van der Waals surface area contributed by atoms with E-state index in [4.69, 9.17) is 5.11 Å². The molecule has 1 aromatic rings. The molecule has 1 rings (SSSR count). The third-order valence-corrected chi connectivity index (χ3v) is 2.50. The Morgan fingerprint density at radius 2 is 2.67 bits per heavy atom. The van der Waals surface area contributed by atoms with Gasteiger partial charge in [-0.05, 0) is 0 Å². The van der Waals surface area contributed by atoms with Crippen LogP contribution in [0.4, 0.5) is 0 Å². The molecule has 0 saturated heterocycles. The zero-order valence-corrected chi connectivity index (χ0v) is 6.28. The van der Waals surface area contributed by atoms with Gasteiger partial charge < -0.3 is 5.11 Å². The molecular formula is C4H6N2OS2. The summed E-state index contributed by atoms with van der Waals surface area (Å²) in [5, 5.41) is 15.8. The lowest BCUT2D eigenvalue weighted by molar-refractivity contribution is 0.322. The van der Waals surface area contributed by atoms with Gasteiger partial charge in [0.2, 0.25) is 0 Å². The zero-order valence-electron chi connectivity index (χ0n) is 4.65. The number of hydrogen-bond donors (Lipinski definition) is 1. The maximum absolute atomic E-state index is 8.40.